The van der Waals surface area contributed by atoms with Gasteiger partial charge in [-0.2, -0.15) is 0 Å². The van der Waals surface area contributed by atoms with Crippen LogP contribution in [0.1, 0.15) is 102 Å². The second-order valence-corrected chi connectivity index (χ2v) is 9.38. The summed E-state index contributed by atoms with van der Waals surface area (Å²) in [7, 11) is 0. The Morgan fingerprint density at radius 3 is 2.12 bits per heavy atom. The molecule has 0 atom stereocenters. The van der Waals surface area contributed by atoms with Gasteiger partial charge in [-0.3, -0.25) is 9.59 Å². The molecule has 0 unspecified atom stereocenters. The molecule has 0 aliphatic carbocycles. The summed E-state index contributed by atoms with van der Waals surface area (Å²) in [6.45, 7) is 2.56. The van der Waals surface area contributed by atoms with Crippen LogP contribution in [0.2, 0.25) is 10.0 Å². The lowest BCUT2D eigenvalue weighted by Crippen LogP contribution is -2.29. The van der Waals surface area contributed by atoms with Gasteiger partial charge in [0, 0.05) is 0 Å². The smallest absolute Gasteiger partial charge is 0.338 e. The number of hydrogen-bond donors (Lipinski definition) is 0. The van der Waals surface area contributed by atoms with Gasteiger partial charge >= 0.3 is 5.97 Å². The van der Waals surface area contributed by atoms with E-state index in [1.807, 2.05) is 0 Å². The Morgan fingerprint density at radius 1 is 0.824 bits per heavy atom. The molecule has 0 bridgehead atoms. The van der Waals surface area contributed by atoms with Crippen LogP contribution in [-0.4, -0.2) is 24.4 Å². The molecule has 34 heavy (non-hydrogen) atoms. The fourth-order valence-electron chi connectivity index (χ4n) is 4.09. The molecule has 5 nitrogen and oxygen atoms in total. The molecule has 0 radical (unpaired) electrons. The van der Waals surface area contributed by atoms with E-state index in [0.717, 1.165) is 24.2 Å². The van der Waals surface area contributed by atoms with Crippen LogP contribution in [0.15, 0.2) is 36.4 Å². The number of rotatable bonds is 13. The Kier molecular flexibility index (Phi) is 9.97. The van der Waals surface area contributed by atoms with E-state index in [4.69, 9.17) is 27.9 Å². The number of benzene rings is 2. The van der Waals surface area contributed by atoms with Gasteiger partial charge in [-0.25, -0.2) is 9.69 Å². The number of unbranched alkanes of at least 4 members (excludes halogenated alkanes) is 9. The van der Waals surface area contributed by atoms with Crippen molar-refractivity contribution in [2.75, 3.05) is 11.5 Å². The molecule has 0 N–H and O–H groups in total. The van der Waals surface area contributed by atoms with Gasteiger partial charge in [-0.15, -0.1) is 0 Å². The number of ether oxygens (including phenoxy) is 1. The minimum absolute atomic E-state index is 0.120. The second-order valence-electron chi connectivity index (χ2n) is 8.60. The lowest BCUT2D eigenvalue weighted by atomic mass is 10.1. The molecule has 3 rings (SSSR count). The van der Waals surface area contributed by atoms with E-state index in [1.165, 1.54) is 63.1 Å². The number of hydrogen-bond acceptors (Lipinski definition) is 4. The fourth-order valence-corrected chi connectivity index (χ4v) is 4.47. The zero-order valence-corrected chi connectivity index (χ0v) is 21.1. The van der Waals surface area contributed by atoms with Crippen LogP contribution in [0, 0.1) is 0 Å². The average Bonchev–Trinajstić information content (AvgIpc) is 3.08. The van der Waals surface area contributed by atoms with Gasteiger partial charge in [0.1, 0.15) is 0 Å². The number of halogens is 2. The Bertz CT molecular complexity index is 1040. The molecular weight excluding hydrogens is 473 g/mol. The summed E-state index contributed by atoms with van der Waals surface area (Å²) < 4.78 is 5.38. The van der Waals surface area contributed by atoms with Crippen molar-refractivity contribution in [1.29, 1.82) is 0 Å². The van der Waals surface area contributed by atoms with E-state index >= 15 is 0 Å². The number of imide groups is 1. The monoisotopic (exact) mass is 503 g/mol. The average molecular weight is 504 g/mol. The quantitative estimate of drug-likeness (QED) is 0.158. The van der Waals surface area contributed by atoms with Gasteiger partial charge in [0.15, 0.2) is 0 Å². The van der Waals surface area contributed by atoms with Gasteiger partial charge in [-0.1, -0.05) is 94.0 Å². The highest BCUT2D eigenvalue weighted by Crippen LogP contribution is 2.37. The van der Waals surface area contributed by atoms with Crippen LogP contribution in [0.3, 0.4) is 0 Å². The largest absolute Gasteiger partial charge is 0.462 e. The third-order valence-electron chi connectivity index (χ3n) is 6.03. The van der Waals surface area contributed by atoms with Crippen LogP contribution in [0.25, 0.3) is 0 Å². The molecule has 1 aliphatic rings. The highest BCUT2D eigenvalue weighted by molar-refractivity contribution is 6.46. The summed E-state index contributed by atoms with van der Waals surface area (Å²) in [6.07, 6.45) is 12.0. The van der Waals surface area contributed by atoms with Gasteiger partial charge in [0.2, 0.25) is 0 Å². The van der Waals surface area contributed by atoms with Crippen molar-refractivity contribution in [3.63, 3.8) is 0 Å². The van der Waals surface area contributed by atoms with Crippen LogP contribution in [-0.2, 0) is 4.74 Å². The molecule has 2 aromatic rings. The number of carbonyl (C=O) groups excluding carboxylic acids is 3. The Hall–Kier alpha value is -2.37. The normalized spacial score (nSPS) is 12.9. The lowest BCUT2D eigenvalue weighted by molar-refractivity contribution is 0.0497. The second kappa shape index (κ2) is 12.9. The van der Waals surface area contributed by atoms with Gasteiger partial charge in [0.25, 0.3) is 11.8 Å². The highest BCUT2D eigenvalue weighted by atomic mass is 35.5. The van der Waals surface area contributed by atoms with Crippen molar-refractivity contribution in [2.45, 2.75) is 71.1 Å². The summed E-state index contributed by atoms with van der Waals surface area (Å²) in [5.41, 5.74) is 0.818. The summed E-state index contributed by atoms with van der Waals surface area (Å²) in [4.78, 5) is 39.2. The van der Waals surface area contributed by atoms with Crippen LogP contribution < -0.4 is 4.90 Å². The molecule has 1 aliphatic heterocycles. The third kappa shape index (κ3) is 6.39. The molecule has 0 aromatic heterocycles. The Morgan fingerprint density at radius 2 is 1.44 bits per heavy atom. The van der Waals surface area contributed by atoms with Crippen molar-refractivity contribution in [3.05, 3.63) is 63.1 Å². The number of carbonyl (C=O) groups is 3. The molecule has 7 heteroatoms. The summed E-state index contributed by atoms with van der Waals surface area (Å²) >= 11 is 12.3. The highest BCUT2D eigenvalue weighted by Gasteiger charge is 2.38. The van der Waals surface area contributed by atoms with Crippen molar-refractivity contribution >= 4 is 46.7 Å². The Labute approximate surface area is 211 Å². The van der Waals surface area contributed by atoms with Crippen LogP contribution in [0.5, 0.6) is 0 Å². The van der Waals surface area contributed by atoms with E-state index in [9.17, 15) is 14.4 Å². The van der Waals surface area contributed by atoms with Gasteiger partial charge in [-0.05, 0) is 36.8 Å². The van der Waals surface area contributed by atoms with Crippen molar-refractivity contribution in [3.8, 4) is 0 Å². The standard InChI is InChI=1S/C27H31Cl2NO4/c1-2-3-4-5-6-7-8-9-10-11-17-34-27(33)19-15-16-20-21(18-19)26(32)30(25(20)31)23-14-12-13-22(28)24(23)29/h12-16,18H,2-11,17H2,1H3. The molecule has 0 spiro atoms. The van der Waals surface area contributed by atoms with Crippen molar-refractivity contribution in [2.24, 2.45) is 0 Å². The first-order valence-corrected chi connectivity index (χ1v) is 12.8. The molecule has 182 valence electrons. The third-order valence-corrected chi connectivity index (χ3v) is 6.83. The first kappa shape index (κ1) is 26.2. The van der Waals surface area contributed by atoms with Gasteiger partial charge < -0.3 is 4.74 Å². The summed E-state index contributed by atoms with van der Waals surface area (Å²) in [5.74, 6) is -1.55. The van der Waals surface area contributed by atoms with E-state index < -0.39 is 17.8 Å². The maximum atomic E-state index is 13.0. The molecule has 2 amide bonds. The topological polar surface area (TPSA) is 63.7 Å². The number of nitrogens with zero attached hydrogens (tertiary/aromatic N) is 1. The van der Waals surface area contributed by atoms with Crippen molar-refractivity contribution in [1.82, 2.24) is 0 Å². The molecule has 0 saturated carbocycles. The van der Waals surface area contributed by atoms with E-state index in [0.29, 0.717) is 6.61 Å². The first-order valence-electron chi connectivity index (χ1n) is 12.1. The number of anilines is 1. The predicted octanol–water partition coefficient (Wildman–Crippen LogP) is 7.87. The zero-order chi connectivity index (χ0) is 24.5. The van der Waals surface area contributed by atoms with Crippen molar-refractivity contribution < 1.29 is 19.1 Å². The first-order chi connectivity index (χ1) is 16.5. The zero-order valence-electron chi connectivity index (χ0n) is 19.6. The van der Waals surface area contributed by atoms with Crippen LogP contribution >= 0.6 is 23.2 Å². The number of esters is 1. The summed E-state index contributed by atoms with van der Waals surface area (Å²) in [6, 6.07) is 9.14. The minimum atomic E-state index is -0.548. The van der Waals surface area contributed by atoms with Crippen LogP contribution in [0.4, 0.5) is 5.69 Å². The number of fused-ring (bicyclic) bond motifs is 1. The maximum absolute atomic E-state index is 13.0. The molecule has 1 heterocycles. The van der Waals surface area contributed by atoms with E-state index in [-0.39, 0.29) is 32.4 Å². The maximum Gasteiger partial charge on any atom is 0.338 e. The summed E-state index contributed by atoms with van der Waals surface area (Å²) in [5, 5.41) is 0.363. The van der Waals surface area contributed by atoms with E-state index in [1.54, 1.807) is 18.2 Å². The predicted molar refractivity (Wildman–Crippen MR) is 136 cm³/mol. The van der Waals surface area contributed by atoms with Gasteiger partial charge in [0.05, 0.1) is 39.0 Å². The molecular formula is C27H31Cl2NO4. The SMILES string of the molecule is CCCCCCCCCCCCOC(=O)c1ccc2c(c1)C(=O)N(c1cccc(Cl)c1Cl)C2=O. The minimum Gasteiger partial charge on any atom is -0.462 e. The number of amides is 2. The van der Waals surface area contributed by atoms with E-state index in [2.05, 4.69) is 6.92 Å². The molecule has 0 saturated heterocycles. The Balaban J connectivity index is 1.48. The lowest BCUT2D eigenvalue weighted by Gasteiger charge is -2.15. The fraction of sp³-hybridized carbons (Fsp3) is 0.444. The molecule has 2 aromatic carbocycles. The molecule has 0 fully saturated rings.